The van der Waals surface area contributed by atoms with Crippen molar-refractivity contribution in [3.8, 4) is 0 Å². The number of benzene rings is 1. The van der Waals surface area contributed by atoms with Gasteiger partial charge in [0.25, 0.3) is 0 Å². The molecule has 0 bridgehead atoms. The van der Waals surface area contributed by atoms with Crippen molar-refractivity contribution in [2.75, 3.05) is 10.6 Å². The Morgan fingerprint density at radius 1 is 1.24 bits per heavy atom. The van der Waals surface area contributed by atoms with Gasteiger partial charge in [0.15, 0.2) is 0 Å². The molecule has 1 heterocycles. The van der Waals surface area contributed by atoms with E-state index in [1.807, 2.05) is 0 Å². The number of hydrogen-bond donors (Lipinski definition) is 2. The summed E-state index contributed by atoms with van der Waals surface area (Å²) in [4.78, 5) is 18.2. The van der Waals surface area contributed by atoms with E-state index in [4.69, 9.17) is 11.6 Å². The number of halogens is 4. The Morgan fingerprint density at radius 2 is 1.88 bits per heavy atom. The van der Waals surface area contributed by atoms with Gasteiger partial charge in [0.05, 0.1) is 21.2 Å². The summed E-state index contributed by atoms with van der Waals surface area (Å²) < 4.78 is 38.5. The number of aromatic nitrogens is 2. The fraction of sp³-hybridized carbons (Fsp3) is 0.286. The average molecular weight is 376 g/mol. The first-order valence-electron chi connectivity index (χ1n) is 6.99. The first-order chi connectivity index (χ1) is 11.6. The van der Waals surface area contributed by atoms with Crippen molar-refractivity contribution in [2.24, 2.45) is 0 Å². The van der Waals surface area contributed by atoms with Crippen LogP contribution in [0.5, 0.6) is 0 Å². The van der Waals surface area contributed by atoms with Crippen molar-refractivity contribution < 1.29 is 18.1 Å². The Bertz CT molecular complexity index is 799. The molecule has 1 aromatic heterocycles. The number of nitrogens with zero attached hydrogens (tertiary/aromatic N) is 3. The molecule has 0 saturated heterocycles. The summed E-state index contributed by atoms with van der Waals surface area (Å²) in [6.45, 7) is 3.51. The van der Waals surface area contributed by atoms with Gasteiger partial charge in [-0.15, -0.1) is 0 Å². The maximum Gasteiger partial charge on any atom is 0.416 e. The van der Waals surface area contributed by atoms with E-state index >= 15 is 0 Å². The lowest BCUT2D eigenvalue weighted by atomic mass is 10.2. The molecule has 134 valence electrons. The first-order valence-corrected chi connectivity index (χ1v) is 7.37. The van der Waals surface area contributed by atoms with Crippen LogP contribution >= 0.6 is 11.6 Å². The maximum absolute atomic E-state index is 12.8. The molecule has 11 heteroatoms. The maximum atomic E-state index is 12.8. The van der Waals surface area contributed by atoms with Crippen LogP contribution in [0.3, 0.4) is 0 Å². The van der Waals surface area contributed by atoms with Gasteiger partial charge in [0.2, 0.25) is 11.6 Å². The third kappa shape index (κ3) is 4.47. The molecule has 0 aliphatic heterocycles. The molecule has 0 radical (unpaired) electrons. The van der Waals surface area contributed by atoms with E-state index in [1.165, 1.54) is 0 Å². The number of rotatable bonds is 5. The largest absolute Gasteiger partial charge is 0.416 e. The fourth-order valence-corrected chi connectivity index (χ4v) is 2.11. The van der Waals surface area contributed by atoms with Crippen LogP contribution in [0, 0.1) is 10.1 Å². The zero-order valence-corrected chi connectivity index (χ0v) is 13.8. The van der Waals surface area contributed by atoms with E-state index in [9.17, 15) is 23.3 Å². The normalized spacial score (nSPS) is 11.5. The minimum atomic E-state index is -4.58. The lowest BCUT2D eigenvalue weighted by Crippen LogP contribution is -2.14. The van der Waals surface area contributed by atoms with Gasteiger partial charge in [0, 0.05) is 6.04 Å². The number of nitro groups is 1. The van der Waals surface area contributed by atoms with E-state index in [2.05, 4.69) is 20.6 Å². The van der Waals surface area contributed by atoms with E-state index in [1.54, 1.807) is 13.8 Å². The van der Waals surface area contributed by atoms with Crippen LogP contribution in [-0.4, -0.2) is 20.9 Å². The molecule has 2 rings (SSSR count). The first kappa shape index (κ1) is 18.7. The Hall–Kier alpha value is -2.62. The van der Waals surface area contributed by atoms with Crippen molar-refractivity contribution in [1.29, 1.82) is 0 Å². The second-order valence-electron chi connectivity index (χ2n) is 5.29. The van der Waals surface area contributed by atoms with E-state index in [0.29, 0.717) is 0 Å². The Balaban J connectivity index is 2.49. The summed E-state index contributed by atoms with van der Waals surface area (Å²) in [5.41, 5.74) is -1.60. The Labute approximate surface area is 145 Å². The summed E-state index contributed by atoms with van der Waals surface area (Å²) in [5.74, 6) is -0.329. The lowest BCUT2D eigenvalue weighted by Gasteiger charge is -2.14. The molecule has 0 unspecified atom stereocenters. The van der Waals surface area contributed by atoms with Crippen LogP contribution in [0.25, 0.3) is 0 Å². The van der Waals surface area contributed by atoms with Gasteiger partial charge in [-0.2, -0.15) is 13.2 Å². The molecule has 0 aliphatic carbocycles. The SMILES string of the molecule is CC(C)Nc1ncnc(Nc2cc(C(F)(F)F)ccc2Cl)c1[N+](=O)[O-]. The molecule has 1 aromatic carbocycles. The highest BCUT2D eigenvalue weighted by atomic mass is 35.5. The highest BCUT2D eigenvalue weighted by Gasteiger charge is 2.31. The molecular weight excluding hydrogens is 363 g/mol. The van der Waals surface area contributed by atoms with Gasteiger partial charge >= 0.3 is 11.9 Å². The summed E-state index contributed by atoms with van der Waals surface area (Å²) in [7, 11) is 0. The quantitative estimate of drug-likeness (QED) is 0.585. The molecule has 2 N–H and O–H groups in total. The molecular formula is C14H13ClF3N5O2. The van der Waals surface area contributed by atoms with Crippen molar-refractivity contribution in [3.63, 3.8) is 0 Å². The summed E-state index contributed by atoms with van der Waals surface area (Å²) in [6.07, 6.45) is -3.52. The van der Waals surface area contributed by atoms with E-state index in [-0.39, 0.29) is 28.4 Å². The molecule has 25 heavy (non-hydrogen) atoms. The van der Waals surface area contributed by atoms with Gasteiger partial charge in [0.1, 0.15) is 6.33 Å². The number of alkyl halides is 3. The van der Waals surface area contributed by atoms with Crippen LogP contribution in [0.2, 0.25) is 5.02 Å². The summed E-state index contributed by atoms with van der Waals surface area (Å²) >= 11 is 5.89. The van der Waals surface area contributed by atoms with Crippen molar-refractivity contribution >= 4 is 34.6 Å². The molecule has 2 aromatic rings. The van der Waals surface area contributed by atoms with Gasteiger partial charge < -0.3 is 10.6 Å². The van der Waals surface area contributed by atoms with Gasteiger partial charge in [-0.25, -0.2) is 9.97 Å². The predicted octanol–water partition coefficient (Wildman–Crippen LogP) is 4.62. The minimum Gasteiger partial charge on any atom is -0.362 e. The molecule has 0 spiro atoms. The predicted molar refractivity (Wildman–Crippen MR) is 87.2 cm³/mol. The molecule has 0 saturated carbocycles. The smallest absolute Gasteiger partial charge is 0.362 e. The van der Waals surface area contributed by atoms with Crippen LogP contribution in [0.15, 0.2) is 24.5 Å². The second-order valence-corrected chi connectivity index (χ2v) is 5.70. The number of anilines is 3. The second kappa shape index (κ2) is 7.09. The van der Waals surface area contributed by atoms with Crippen LogP contribution in [0.1, 0.15) is 19.4 Å². The standard InChI is InChI=1S/C14H13ClF3N5O2/c1-7(2)21-12-11(23(24)25)13(20-6-19-12)22-10-5-8(14(16,17)18)3-4-9(10)15/h3-7H,1-2H3,(H2,19,20,21,22). The van der Waals surface area contributed by atoms with Crippen LogP contribution in [0.4, 0.5) is 36.2 Å². The van der Waals surface area contributed by atoms with Crippen molar-refractivity contribution in [1.82, 2.24) is 9.97 Å². The van der Waals surface area contributed by atoms with Crippen molar-refractivity contribution in [3.05, 3.63) is 45.2 Å². The van der Waals surface area contributed by atoms with Crippen molar-refractivity contribution in [2.45, 2.75) is 26.1 Å². The zero-order chi connectivity index (χ0) is 18.8. The lowest BCUT2D eigenvalue weighted by molar-refractivity contribution is -0.383. The Kier molecular flexibility index (Phi) is 5.31. The number of hydrogen-bond acceptors (Lipinski definition) is 6. The summed E-state index contributed by atoms with van der Waals surface area (Å²) in [6, 6.07) is 2.46. The van der Waals surface area contributed by atoms with Crippen LogP contribution < -0.4 is 10.6 Å². The third-order valence-electron chi connectivity index (χ3n) is 2.98. The van der Waals surface area contributed by atoms with E-state index < -0.39 is 22.4 Å². The fourth-order valence-electron chi connectivity index (χ4n) is 1.95. The highest BCUT2D eigenvalue weighted by Crippen LogP contribution is 2.37. The monoisotopic (exact) mass is 375 g/mol. The Morgan fingerprint density at radius 3 is 2.44 bits per heavy atom. The number of nitrogens with one attached hydrogen (secondary N) is 2. The molecule has 0 aliphatic rings. The third-order valence-corrected chi connectivity index (χ3v) is 3.31. The van der Waals surface area contributed by atoms with Gasteiger partial charge in [-0.3, -0.25) is 10.1 Å². The average Bonchev–Trinajstić information content (AvgIpc) is 2.47. The van der Waals surface area contributed by atoms with Crippen LogP contribution in [-0.2, 0) is 6.18 Å². The van der Waals surface area contributed by atoms with Gasteiger partial charge in [-0.1, -0.05) is 11.6 Å². The van der Waals surface area contributed by atoms with Gasteiger partial charge in [-0.05, 0) is 32.0 Å². The molecule has 7 nitrogen and oxygen atoms in total. The molecule has 0 fully saturated rings. The molecule has 0 atom stereocenters. The molecule has 0 amide bonds. The topological polar surface area (TPSA) is 93.0 Å². The summed E-state index contributed by atoms with van der Waals surface area (Å²) in [5, 5.41) is 16.6. The minimum absolute atomic E-state index is 0.0423. The zero-order valence-electron chi connectivity index (χ0n) is 13.1. The van der Waals surface area contributed by atoms with E-state index in [0.717, 1.165) is 24.5 Å². The highest BCUT2D eigenvalue weighted by molar-refractivity contribution is 6.33.